The number of hydrogen-bond donors (Lipinski definition) is 1. The molecule has 0 bridgehead atoms. The van der Waals surface area contributed by atoms with Crippen molar-refractivity contribution >= 4 is 39.2 Å². The molecule has 1 aliphatic heterocycles. The number of esters is 1. The molecular weight excluding hydrogens is 440 g/mol. The molecule has 0 spiro atoms. The largest absolute Gasteiger partial charge is 0.462 e. The molecule has 2 aromatic rings. The van der Waals surface area contributed by atoms with Gasteiger partial charge in [0.1, 0.15) is 0 Å². The molecule has 0 unspecified atom stereocenters. The average molecular weight is 465 g/mol. The van der Waals surface area contributed by atoms with Crippen molar-refractivity contribution < 1.29 is 22.7 Å². The first kappa shape index (κ1) is 23.2. The van der Waals surface area contributed by atoms with Crippen LogP contribution in [0, 0.1) is 6.92 Å². The molecular formula is C22H25ClN2O5S. The Morgan fingerprint density at radius 2 is 1.81 bits per heavy atom. The van der Waals surface area contributed by atoms with Gasteiger partial charge in [0.25, 0.3) is 5.91 Å². The summed E-state index contributed by atoms with van der Waals surface area (Å²) >= 11 is 6.21. The smallest absolute Gasteiger partial charge is 0.338 e. The van der Waals surface area contributed by atoms with E-state index < -0.39 is 21.9 Å². The van der Waals surface area contributed by atoms with Crippen LogP contribution in [0.4, 0.5) is 5.69 Å². The van der Waals surface area contributed by atoms with E-state index in [1.807, 2.05) is 0 Å². The maximum atomic E-state index is 13.0. The van der Waals surface area contributed by atoms with Crippen molar-refractivity contribution in [1.82, 2.24) is 4.31 Å². The van der Waals surface area contributed by atoms with Crippen molar-refractivity contribution in [2.75, 3.05) is 25.0 Å². The minimum absolute atomic E-state index is 0.0287. The first-order chi connectivity index (χ1) is 14.8. The Kier molecular flexibility index (Phi) is 7.35. The number of piperidine rings is 1. The highest BCUT2D eigenvalue weighted by Crippen LogP contribution is 2.27. The molecule has 1 fully saturated rings. The van der Waals surface area contributed by atoms with Crippen LogP contribution in [0.15, 0.2) is 41.3 Å². The Bertz CT molecular complexity index is 1100. The molecule has 1 N–H and O–H groups in total. The summed E-state index contributed by atoms with van der Waals surface area (Å²) in [6.45, 7) is 4.58. The number of anilines is 1. The van der Waals surface area contributed by atoms with Gasteiger partial charge in [-0.1, -0.05) is 24.1 Å². The van der Waals surface area contributed by atoms with Gasteiger partial charge in [-0.2, -0.15) is 4.31 Å². The van der Waals surface area contributed by atoms with E-state index in [4.69, 9.17) is 16.3 Å². The van der Waals surface area contributed by atoms with Gasteiger partial charge in [-0.15, -0.1) is 0 Å². The summed E-state index contributed by atoms with van der Waals surface area (Å²) in [6.07, 6.45) is 2.64. The van der Waals surface area contributed by atoms with E-state index in [-0.39, 0.29) is 22.1 Å². The van der Waals surface area contributed by atoms with Crippen LogP contribution in [0.3, 0.4) is 0 Å². The fraction of sp³-hybridized carbons (Fsp3) is 0.364. The van der Waals surface area contributed by atoms with Crippen LogP contribution in [0.5, 0.6) is 0 Å². The van der Waals surface area contributed by atoms with E-state index in [1.165, 1.54) is 22.5 Å². The number of carbonyl (C=O) groups excluding carboxylic acids is 2. The van der Waals surface area contributed by atoms with Crippen molar-refractivity contribution in [3.05, 3.63) is 58.1 Å². The van der Waals surface area contributed by atoms with Gasteiger partial charge >= 0.3 is 5.97 Å². The zero-order valence-corrected chi connectivity index (χ0v) is 19.1. The molecule has 0 radical (unpaired) electrons. The molecule has 0 atom stereocenters. The number of hydrogen-bond acceptors (Lipinski definition) is 5. The lowest BCUT2D eigenvalue weighted by Crippen LogP contribution is -2.35. The third-order valence-corrected chi connectivity index (χ3v) is 7.44. The fourth-order valence-corrected chi connectivity index (χ4v) is 5.23. The number of nitrogens with one attached hydrogen (secondary N) is 1. The van der Waals surface area contributed by atoms with Crippen molar-refractivity contribution in [2.24, 2.45) is 0 Å². The molecule has 0 aliphatic carbocycles. The standard InChI is InChI=1S/C22H25ClN2O5S/c1-3-30-22(27)17-8-7-9-20(15(17)2)24-21(26)18-14-16(10-11-19(18)23)31(28,29)25-12-5-4-6-13-25/h7-11,14H,3-6,12-13H2,1-2H3,(H,24,26). The molecule has 3 rings (SSSR count). The zero-order chi connectivity index (χ0) is 22.6. The SMILES string of the molecule is CCOC(=O)c1cccc(NC(=O)c2cc(S(=O)(=O)N3CCCCC3)ccc2Cl)c1C. The molecule has 0 saturated carbocycles. The van der Waals surface area contributed by atoms with Gasteiger partial charge in [0, 0.05) is 18.8 Å². The third kappa shape index (κ3) is 5.08. The van der Waals surface area contributed by atoms with E-state index in [0.717, 1.165) is 19.3 Å². The third-order valence-electron chi connectivity index (χ3n) is 5.21. The lowest BCUT2D eigenvalue weighted by atomic mass is 10.1. The second-order valence-electron chi connectivity index (χ2n) is 7.26. The number of benzene rings is 2. The molecule has 9 heteroatoms. The number of halogens is 1. The van der Waals surface area contributed by atoms with Crippen LogP contribution < -0.4 is 5.32 Å². The number of nitrogens with zero attached hydrogens (tertiary/aromatic N) is 1. The van der Waals surface area contributed by atoms with Gasteiger partial charge < -0.3 is 10.1 Å². The summed E-state index contributed by atoms with van der Waals surface area (Å²) in [4.78, 5) is 25.1. The fourth-order valence-electron chi connectivity index (χ4n) is 3.48. The lowest BCUT2D eigenvalue weighted by molar-refractivity contribution is 0.0525. The van der Waals surface area contributed by atoms with E-state index in [9.17, 15) is 18.0 Å². The topological polar surface area (TPSA) is 92.8 Å². The van der Waals surface area contributed by atoms with Crippen molar-refractivity contribution in [1.29, 1.82) is 0 Å². The highest BCUT2D eigenvalue weighted by Gasteiger charge is 2.27. The van der Waals surface area contributed by atoms with Crippen LogP contribution in [0.2, 0.25) is 5.02 Å². The van der Waals surface area contributed by atoms with Crippen molar-refractivity contribution in [3.8, 4) is 0 Å². The average Bonchev–Trinajstić information content (AvgIpc) is 2.76. The molecule has 2 aromatic carbocycles. The summed E-state index contributed by atoms with van der Waals surface area (Å²) in [5.41, 5.74) is 1.34. The predicted molar refractivity (Wildman–Crippen MR) is 119 cm³/mol. The number of rotatable bonds is 6. The van der Waals surface area contributed by atoms with Gasteiger partial charge in [0.05, 0.1) is 27.7 Å². The van der Waals surface area contributed by atoms with E-state index in [1.54, 1.807) is 32.0 Å². The van der Waals surface area contributed by atoms with Gasteiger partial charge in [-0.25, -0.2) is 13.2 Å². The first-order valence-electron chi connectivity index (χ1n) is 10.1. The van der Waals surface area contributed by atoms with Gasteiger partial charge in [0.2, 0.25) is 10.0 Å². The summed E-state index contributed by atoms with van der Waals surface area (Å²) < 4.78 is 32.4. The van der Waals surface area contributed by atoms with Crippen LogP contribution in [0.25, 0.3) is 0 Å². The van der Waals surface area contributed by atoms with Crippen molar-refractivity contribution in [3.63, 3.8) is 0 Å². The molecule has 166 valence electrons. The molecule has 1 saturated heterocycles. The summed E-state index contributed by atoms with van der Waals surface area (Å²) in [7, 11) is -3.71. The number of ether oxygens (including phenoxy) is 1. The van der Waals surface area contributed by atoms with Crippen LogP contribution in [0.1, 0.15) is 52.5 Å². The maximum absolute atomic E-state index is 13.0. The number of amides is 1. The number of sulfonamides is 1. The maximum Gasteiger partial charge on any atom is 0.338 e. The normalized spacial score (nSPS) is 14.8. The molecule has 1 amide bonds. The Balaban J connectivity index is 1.88. The molecule has 1 heterocycles. The van der Waals surface area contributed by atoms with E-state index in [0.29, 0.717) is 29.9 Å². The second kappa shape index (κ2) is 9.80. The lowest BCUT2D eigenvalue weighted by Gasteiger charge is -2.26. The molecule has 0 aromatic heterocycles. The summed E-state index contributed by atoms with van der Waals surface area (Å²) in [6, 6.07) is 9.02. The second-order valence-corrected chi connectivity index (χ2v) is 9.60. The highest BCUT2D eigenvalue weighted by atomic mass is 35.5. The van der Waals surface area contributed by atoms with Gasteiger partial charge in [-0.3, -0.25) is 4.79 Å². The van der Waals surface area contributed by atoms with E-state index in [2.05, 4.69) is 5.32 Å². The molecule has 31 heavy (non-hydrogen) atoms. The van der Waals surface area contributed by atoms with E-state index >= 15 is 0 Å². The quantitative estimate of drug-likeness (QED) is 0.645. The first-order valence-corrected chi connectivity index (χ1v) is 11.9. The number of carbonyl (C=O) groups is 2. The van der Waals surface area contributed by atoms with Crippen LogP contribution in [-0.2, 0) is 14.8 Å². The monoisotopic (exact) mass is 464 g/mol. The predicted octanol–water partition coefficient (Wildman–Crippen LogP) is 4.25. The highest BCUT2D eigenvalue weighted by molar-refractivity contribution is 7.89. The summed E-state index contributed by atoms with van der Waals surface area (Å²) in [5, 5.41) is 2.86. The van der Waals surface area contributed by atoms with Gasteiger partial charge in [-0.05, 0) is 62.6 Å². The molecule has 1 aliphatic rings. The van der Waals surface area contributed by atoms with Crippen LogP contribution in [-0.4, -0.2) is 44.3 Å². The minimum Gasteiger partial charge on any atom is -0.462 e. The Labute approximate surface area is 187 Å². The Morgan fingerprint density at radius 1 is 1.10 bits per heavy atom. The Hall–Kier alpha value is -2.42. The summed E-state index contributed by atoms with van der Waals surface area (Å²) in [5.74, 6) is -1.05. The van der Waals surface area contributed by atoms with Crippen molar-refractivity contribution in [2.45, 2.75) is 38.0 Å². The molecule has 7 nitrogen and oxygen atoms in total. The Morgan fingerprint density at radius 3 is 2.48 bits per heavy atom. The minimum atomic E-state index is -3.71. The van der Waals surface area contributed by atoms with Crippen LogP contribution >= 0.6 is 11.6 Å². The zero-order valence-electron chi connectivity index (χ0n) is 17.5. The van der Waals surface area contributed by atoms with Gasteiger partial charge in [0.15, 0.2) is 0 Å².